The van der Waals surface area contributed by atoms with Crippen LogP contribution in [0.3, 0.4) is 0 Å². The van der Waals surface area contributed by atoms with Gasteiger partial charge in [0.05, 0.1) is 18.4 Å². The fraction of sp³-hybridized carbons (Fsp3) is 0.500. The van der Waals surface area contributed by atoms with Crippen LogP contribution < -0.4 is 10.0 Å². The molecule has 15 heavy (non-hydrogen) atoms. The molecular formula is C10H12N3O2-. The molecule has 0 unspecified atom stereocenters. The maximum absolute atomic E-state index is 10.6. The third kappa shape index (κ3) is 2.23. The number of rotatable bonds is 2. The Morgan fingerprint density at radius 2 is 2.00 bits per heavy atom. The molecule has 1 aliphatic heterocycles. The quantitative estimate of drug-likeness (QED) is 0.672. The lowest BCUT2D eigenvalue weighted by Crippen LogP contribution is -2.31. The van der Waals surface area contributed by atoms with Crippen molar-refractivity contribution < 1.29 is 9.90 Å². The van der Waals surface area contributed by atoms with Gasteiger partial charge in [-0.3, -0.25) is 4.98 Å². The highest BCUT2D eigenvalue weighted by Crippen LogP contribution is 2.16. The van der Waals surface area contributed by atoms with E-state index in [1.165, 1.54) is 12.6 Å². The first kappa shape index (κ1) is 9.89. The number of hydrogen-bond donors (Lipinski definition) is 0. The maximum atomic E-state index is 10.6. The molecule has 0 spiro atoms. The van der Waals surface area contributed by atoms with Crippen LogP contribution in [0.25, 0.3) is 0 Å². The van der Waals surface area contributed by atoms with Crippen molar-refractivity contribution >= 4 is 11.8 Å². The Hall–Kier alpha value is -1.65. The Morgan fingerprint density at radius 3 is 2.67 bits per heavy atom. The zero-order valence-corrected chi connectivity index (χ0v) is 8.35. The van der Waals surface area contributed by atoms with E-state index in [0.717, 1.165) is 25.9 Å². The summed E-state index contributed by atoms with van der Waals surface area (Å²) in [5.74, 6) is -0.641. The van der Waals surface area contributed by atoms with E-state index in [-0.39, 0.29) is 5.69 Å². The second kappa shape index (κ2) is 4.25. The van der Waals surface area contributed by atoms with Crippen molar-refractivity contribution in [1.82, 2.24) is 9.97 Å². The van der Waals surface area contributed by atoms with Crippen LogP contribution in [0.15, 0.2) is 12.4 Å². The van der Waals surface area contributed by atoms with Gasteiger partial charge in [-0.05, 0) is 19.3 Å². The van der Waals surface area contributed by atoms with Crippen molar-refractivity contribution in [3.05, 3.63) is 18.1 Å². The van der Waals surface area contributed by atoms with Crippen LogP contribution in [0.1, 0.15) is 29.8 Å². The predicted octanol–water partition coefficient (Wildman–Crippen LogP) is -0.170. The van der Waals surface area contributed by atoms with Gasteiger partial charge < -0.3 is 14.8 Å². The Morgan fingerprint density at radius 1 is 1.27 bits per heavy atom. The molecular weight excluding hydrogens is 194 g/mol. The first-order valence-electron chi connectivity index (χ1n) is 5.06. The minimum atomic E-state index is -1.28. The van der Waals surface area contributed by atoms with E-state index in [2.05, 4.69) is 14.9 Å². The molecule has 2 heterocycles. The highest BCUT2D eigenvalue weighted by molar-refractivity contribution is 5.83. The Kier molecular flexibility index (Phi) is 2.80. The molecule has 0 saturated carbocycles. The minimum Gasteiger partial charge on any atom is -0.543 e. The van der Waals surface area contributed by atoms with Crippen molar-refractivity contribution in [3.8, 4) is 0 Å². The summed E-state index contributed by atoms with van der Waals surface area (Å²) in [4.78, 5) is 20.5. The normalized spacial score (nSPS) is 16.4. The molecule has 0 atom stereocenters. The van der Waals surface area contributed by atoms with Gasteiger partial charge in [-0.15, -0.1) is 0 Å². The van der Waals surface area contributed by atoms with E-state index in [4.69, 9.17) is 0 Å². The number of nitrogens with zero attached hydrogens (tertiary/aromatic N) is 3. The number of aromatic carboxylic acids is 1. The van der Waals surface area contributed by atoms with Gasteiger partial charge in [-0.2, -0.15) is 0 Å². The van der Waals surface area contributed by atoms with Gasteiger partial charge in [0.15, 0.2) is 0 Å². The zero-order valence-electron chi connectivity index (χ0n) is 8.35. The van der Waals surface area contributed by atoms with E-state index in [0.29, 0.717) is 5.82 Å². The SMILES string of the molecule is O=C([O-])c1cncc(N2CCCCC2)n1. The molecule has 1 fully saturated rings. The molecule has 0 radical (unpaired) electrons. The lowest BCUT2D eigenvalue weighted by molar-refractivity contribution is -0.255. The standard InChI is InChI=1S/C10H13N3O2/c14-10(15)8-6-11-7-9(12-8)13-4-2-1-3-5-13/h6-7H,1-5H2,(H,14,15)/p-1. The van der Waals surface area contributed by atoms with Crippen LogP contribution in [0.4, 0.5) is 5.82 Å². The molecule has 0 aliphatic carbocycles. The molecule has 1 aliphatic rings. The summed E-state index contributed by atoms with van der Waals surface area (Å²) in [5.41, 5.74) is -0.0990. The van der Waals surface area contributed by atoms with E-state index in [1.54, 1.807) is 6.20 Å². The average Bonchev–Trinajstić information content (AvgIpc) is 2.30. The molecule has 5 heteroatoms. The fourth-order valence-corrected chi connectivity index (χ4v) is 1.73. The number of piperidine rings is 1. The maximum Gasteiger partial charge on any atom is 0.147 e. The summed E-state index contributed by atoms with van der Waals surface area (Å²) in [6.45, 7) is 1.84. The fourth-order valence-electron chi connectivity index (χ4n) is 1.73. The number of carbonyl (C=O) groups is 1. The number of hydrogen-bond acceptors (Lipinski definition) is 5. The van der Waals surface area contributed by atoms with E-state index in [9.17, 15) is 9.90 Å². The van der Waals surface area contributed by atoms with Gasteiger partial charge in [-0.1, -0.05) is 0 Å². The van der Waals surface area contributed by atoms with Crippen LogP contribution in [0, 0.1) is 0 Å². The van der Waals surface area contributed by atoms with Crippen LogP contribution in [-0.4, -0.2) is 29.0 Å². The van der Waals surface area contributed by atoms with Crippen molar-refractivity contribution in [2.24, 2.45) is 0 Å². The summed E-state index contributed by atoms with van der Waals surface area (Å²) in [6, 6.07) is 0. The largest absolute Gasteiger partial charge is 0.543 e. The van der Waals surface area contributed by atoms with Gasteiger partial charge in [0.2, 0.25) is 0 Å². The molecule has 1 aromatic heterocycles. The monoisotopic (exact) mass is 206 g/mol. The summed E-state index contributed by atoms with van der Waals surface area (Å²) in [6.07, 6.45) is 6.28. The first-order valence-corrected chi connectivity index (χ1v) is 5.06. The lowest BCUT2D eigenvalue weighted by Gasteiger charge is -2.27. The number of anilines is 1. The van der Waals surface area contributed by atoms with Crippen molar-refractivity contribution in [1.29, 1.82) is 0 Å². The molecule has 0 amide bonds. The van der Waals surface area contributed by atoms with Crippen molar-refractivity contribution in [2.45, 2.75) is 19.3 Å². The second-order valence-electron chi connectivity index (χ2n) is 3.60. The smallest absolute Gasteiger partial charge is 0.147 e. The number of carboxylic acid groups (broad SMARTS) is 1. The molecule has 1 aromatic rings. The van der Waals surface area contributed by atoms with Crippen LogP contribution in [-0.2, 0) is 0 Å². The zero-order chi connectivity index (χ0) is 10.7. The van der Waals surface area contributed by atoms with Gasteiger partial charge in [0.1, 0.15) is 11.5 Å². The van der Waals surface area contributed by atoms with Crippen LogP contribution >= 0.6 is 0 Å². The highest BCUT2D eigenvalue weighted by Gasteiger charge is 2.12. The highest BCUT2D eigenvalue weighted by atomic mass is 16.4. The van der Waals surface area contributed by atoms with Gasteiger partial charge in [0, 0.05) is 13.1 Å². The summed E-state index contributed by atoms with van der Waals surface area (Å²) >= 11 is 0. The van der Waals surface area contributed by atoms with E-state index in [1.807, 2.05) is 0 Å². The molecule has 2 rings (SSSR count). The van der Waals surface area contributed by atoms with Crippen molar-refractivity contribution in [3.63, 3.8) is 0 Å². The molecule has 5 nitrogen and oxygen atoms in total. The Labute approximate surface area is 87.8 Å². The second-order valence-corrected chi connectivity index (χ2v) is 3.60. The topological polar surface area (TPSA) is 69.2 Å². The first-order chi connectivity index (χ1) is 7.27. The summed E-state index contributed by atoms with van der Waals surface area (Å²) in [5, 5.41) is 10.6. The third-order valence-corrected chi connectivity index (χ3v) is 2.51. The third-order valence-electron chi connectivity index (χ3n) is 2.51. The molecule has 1 saturated heterocycles. The van der Waals surface area contributed by atoms with Gasteiger partial charge >= 0.3 is 0 Å². The molecule has 0 bridgehead atoms. The van der Waals surface area contributed by atoms with Gasteiger partial charge in [0.25, 0.3) is 0 Å². The molecule has 80 valence electrons. The van der Waals surface area contributed by atoms with Crippen molar-refractivity contribution in [2.75, 3.05) is 18.0 Å². The van der Waals surface area contributed by atoms with Crippen LogP contribution in [0.2, 0.25) is 0 Å². The Bertz CT molecular complexity index is 361. The number of carboxylic acids is 1. The lowest BCUT2D eigenvalue weighted by atomic mass is 10.1. The average molecular weight is 206 g/mol. The molecule has 0 aromatic carbocycles. The predicted molar refractivity (Wildman–Crippen MR) is 52.4 cm³/mol. The van der Waals surface area contributed by atoms with E-state index >= 15 is 0 Å². The number of carbonyl (C=O) groups excluding carboxylic acids is 1. The van der Waals surface area contributed by atoms with Crippen LogP contribution in [0.5, 0.6) is 0 Å². The summed E-state index contributed by atoms with van der Waals surface area (Å²) in [7, 11) is 0. The number of aromatic nitrogens is 2. The van der Waals surface area contributed by atoms with Gasteiger partial charge in [-0.25, -0.2) is 4.98 Å². The summed E-state index contributed by atoms with van der Waals surface area (Å²) < 4.78 is 0. The van der Waals surface area contributed by atoms with E-state index < -0.39 is 5.97 Å². The minimum absolute atomic E-state index is 0.0990. The Balaban J connectivity index is 2.19. The molecule has 0 N–H and O–H groups in total.